The lowest BCUT2D eigenvalue weighted by atomic mass is 9.78. The lowest BCUT2D eigenvalue weighted by Crippen LogP contribution is -2.51. The van der Waals surface area contributed by atoms with Crippen LogP contribution in [0, 0.1) is 5.82 Å². The van der Waals surface area contributed by atoms with Crippen LogP contribution in [0.25, 0.3) is 0 Å². The molecule has 1 aromatic heterocycles. The van der Waals surface area contributed by atoms with E-state index >= 15 is 0 Å². The maximum atomic E-state index is 14.6. The molecule has 30 heavy (non-hydrogen) atoms. The molecule has 2 aliphatic rings. The molecule has 2 aromatic rings. The van der Waals surface area contributed by atoms with E-state index in [1.807, 2.05) is 18.2 Å². The van der Waals surface area contributed by atoms with E-state index in [1.165, 1.54) is 6.07 Å². The molecule has 0 radical (unpaired) electrons. The Labute approximate surface area is 177 Å². The molecule has 0 bridgehead atoms. The largest absolute Gasteiger partial charge is 0.365 e. The van der Waals surface area contributed by atoms with Crippen molar-refractivity contribution in [2.24, 2.45) is 0 Å². The predicted octanol–water partition coefficient (Wildman–Crippen LogP) is 4.66. The van der Waals surface area contributed by atoms with Gasteiger partial charge in [-0.05, 0) is 43.2 Å². The third-order valence-corrected chi connectivity index (χ3v) is 6.74. The number of carbonyl (C=O) groups excluding carboxylic acids is 1. The first-order valence-electron chi connectivity index (χ1n) is 11.1. The summed E-state index contributed by atoms with van der Waals surface area (Å²) in [6, 6.07) is 8.87. The van der Waals surface area contributed by atoms with Crippen LogP contribution < -0.4 is 5.32 Å². The predicted molar refractivity (Wildman–Crippen MR) is 112 cm³/mol. The molecule has 2 fully saturated rings. The van der Waals surface area contributed by atoms with Gasteiger partial charge in [0.2, 0.25) is 0 Å². The smallest absolute Gasteiger partial charge is 0.252 e. The number of benzene rings is 1. The second kappa shape index (κ2) is 8.50. The van der Waals surface area contributed by atoms with Gasteiger partial charge in [0.15, 0.2) is 5.60 Å². The van der Waals surface area contributed by atoms with Crippen LogP contribution in [-0.2, 0) is 21.4 Å². The molecule has 2 heterocycles. The summed E-state index contributed by atoms with van der Waals surface area (Å²) in [4.78, 5) is 13.3. The van der Waals surface area contributed by atoms with Crippen molar-refractivity contribution in [2.75, 3.05) is 13.2 Å². The van der Waals surface area contributed by atoms with E-state index < -0.39 is 5.60 Å². The zero-order valence-corrected chi connectivity index (χ0v) is 17.9. The maximum Gasteiger partial charge on any atom is 0.252 e. The summed E-state index contributed by atoms with van der Waals surface area (Å²) >= 11 is 0. The molecule has 4 rings (SSSR count). The van der Waals surface area contributed by atoms with Gasteiger partial charge >= 0.3 is 0 Å². The number of ether oxygens (including phenoxy) is 1. The highest BCUT2D eigenvalue weighted by molar-refractivity contribution is 5.86. The number of rotatable bonds is 7. The van der Waals surface area contributed by atoms with Crippen LogP contribution in [0.15, 0.2) is 34.9 Å². The van der Waals surface area contributed by atoms with Crippen molar-refractivity contribution < 1.29 is 18.4 Å². The van der Waals surface area contributed by atoms with Gasteiger partial charge in [-0.1, -0.05) is 50.0 Å². The summed E-state index contributed by atoms with van der Waals surface area (Å²) in [6.45, 7) is 5.09. The van der Waals surface area contributed by atoms with Crippen molar-refractivity contribution in [1.29, 1.82) is 0 Å². The van der Waals surface area contributed by atoms with Crippen LogP contribution in [0.1, 0.15) is 75.3 Å². The van der Waals surface area contributed by atoms with Gasteiger partial charge in [0.1, 0.15) is 11.6 Å². The Kier molecular flexibility index (Phi) is 5.96. The summed E-state index contributed by atoms with van der Waals surface area (Å²) in [7, 11) is 0. The Hall–Kier alpha value is -2.21. The number of carbonyl (C=O) groups is 1. The van der Waals surface area contributed by atoms with E-state index in [-0.39, 0.29) is 23.1 Å². The van der Waals surface area contributed by atoms with E-state index in [0.717, 1.165) is 37.8 Å². The second-order valence-corrected chi connectivity index (χ2v) is 9.15. The van der Waals surface area contributed by atoms with E-state index in [0.29, 0.717) is 37.3 Å². The van der Waals surface area contributed by atoms with Crippen molar-refractivity contribution in [3.05, 3.63) is 53.2 Å². The van der Waals surface area contributed by atoms with Crippen molar-refractivity contribution >= 4 is 5.91 Å². The Morgan fingerprint density at radius 2 is 1.97 bits per heavy atom. The fourth-order valence-electron chi connectivity index (χ4n) is 4.96. The minimum absolute atomic E-state index is 0.134. The molecule has 5 nitrogen and oxygen atoms in total. The minimum atomic E-state index is -0.942. The molecule has 0 spiro atoms. The molecule has 1 unspecified atom stereocenters. The fraction of sp³-hybridized carbons (Fsp3) is 0.583. The SMILES string of the molecule is CC(C)c1cc(CC2(C(=O)NCC3(c4ccccc4F)CCCC3)CCCO2)on1. The van der Waals surface area contributed by atoms with Gasteiger partial charge in [-0.3, -0.25) is 4.79 Å². The van der Waals surface area contributed by atoms with Crippen molar-refractivity contribution in [3.63, 3.8) is 0 Å². The van der Waals surface area contributed by atoms with E-state index in [9.17, 15) is 9.18 Å². The summed E-state index contributed by atoms with van der Waals surface area (Å²) in [5.41, 5.74) is 0.296. The van der Waals surface area contributed by atoms with Crippen LogP contribution in [0.5, 0.6) is 0 Å². The lowest BCUT2D eigenvalue weighted by Gasteiger charge is -2.33. The maximum absolute atomic E-state index is 14.6. The quantitative estimate of drug-likeness (QED) is 0.716. The van der Waals surface area contributed by atoms with E-state index in [1.54, 1.807) is 6.07 Å². The Bertz CT molecular complexity index is 880. The Balaban J connectivity index is 1.51. The number of nitrogens with zero attached hydrogens (tertiary/aromatic N) is 1. The van der Waals surface area contributed by atoms with Crippen molar-refractivity contribution in [1.82, 2.24) is 10.5 Å². The third-order valence-electron chi connectivity index (χ3n) is 6.74. The van der Waals surface area contributed by atoms with Crippen molar-refractivity contribution in [3.8, 4) is 0 Å². The number of aromatic nitrogens is 1. The van der Waals surface area contributed by atoms with Gasteiger partial charge in [0.25, 0.3) is 5.91 Å². The zero-order chi connectivity index (χ0) is 21.2. The highest BCUT2D eigenvalue weighted by Gasteiger charge is 2.45. The van der Waals surface area contributed by atoms with Crippen LogP contribution in [0.3, 0.4) is 0 Å². The summed E-state index contributed by atoms with van der Waals surface area (Å²) in [5, 5.41) is 7.24. The standard InChI is InChI=1S/C24H31FN2O3/c1-17(2)21-14-18(30-27-21)15-24(12-7-13-29-24)22(28)26-16-23(10-5-6-11-23)19-8-3-4-9-20(19)25/h3-4,8-9,14,17H,5-7,10-13,15-16H2,1-2H3,(H,26,28). The topological polar surface area (TPSA) is 64.4 Å². The molecule has 6 heteroatoms. The highest BCUT2D eigenvalue weighted by atomic mass is 19.1. The van der Waals surface area contributed by atoms with Gasteiger partial charge in [-0.2, -0.15) is 0 Å². The first kappa shape index (κ1) is 21.0. The monoisotopic (exact) mass is 414 g/mol. The van der Waals surface area contributed by atoms with Crippen LogP contribution >= 0.6 is 0 Å². The Morgan fingerprint density at radius 1 is 1.20 bits per heavy atom. The number of hydrogen-bond acceptors (Lipinski definition) is 4. The molecule has 1 aliphatic carbocycles. The average molecular weight is 415 g/mol. The third kappa shape index (κ3) is 4.02. The fourth-order valence-corrected chi connectivity index (χ4v) is 4.96. The number of nitrogens with one attached hydrogen (secondary N) is 1. The number of amides is 1. The molecule has 1 aromatic carbocycles. The number of halogens is 1. The summed E-state index contributed by atoms with van der Waals surface area (Å²) in [6.07, 6.45) is 5.68. The molecule has 1 amide bonds. The van der Waals surface area contributed by atoms with Crippen molar-refractivity contribution in [2.45, 2.75) is 75.7 Å². The van der Waals surface area contributed by atoms with Crippen LogP contribution in [0.2, 0.25) is 0 Å². The zero-order valence-electron chi connectivity index (χ0n) is 17.9. The van der Waals surface area contributed by atoms with E-state index in [2.05, 4.69) is 24.3 Å². The molecule has 1 N–H and O–H groups in total. The molecule has 1 saturated carbocycles. The second-order valence-electron chi connectivity index (χ2n) is 9.15. The summed E-state index contributed by atoms with van der Waals surface area (Å²) in [5.74, 6) is 0.605. The molecular formula is C24H31FN2O3. The normalized spacial score (nSPS) is 23.2. The highest BCUT2D eigenvalue weighted by Crippen LogP contribution is 2.42. The molecule has 162 valence electrons. The molecule has 1 aliphatic heterocycles. The average Bonchev–Trinajstić information content (AvgIpc) is 3.49. The number of hydrogen-bond donors (Lipinski definition) is 1. The van der Waals surface area contributed by atoms with Gasteiger partial charge in [0, 0.05) is 31.1 Å². The van der Waals surface area contributed by atoms with Crippen LogP contribution in [0.4, 0.5) is 4.39 Å². The Morgan fingerprint density at radius 3 is 2.60 bits per heavy atom. The van der Waals surface area contributed by atoms with E-state index in [4.69, 9.17) is 9.26 Å². The lowest BCUT2D eigenvalue weighted by molar-refractivity contribution is -0.142. The van der Waals surface area contributed by atoms with Gasteiger partial charge in [-0.25, -0.2) is 4.39 Å². The van der Waals surface area contributed by atoms with Gasteiger partial charge < -0.3 is 14.6 Å². The first-order valence-corrected chi connectivity index (χ1v) is 11.1. The molecule has 1 saturated heterocycles. The van der Waals surface area contributed by atoms with Crippen LogP contribution in [-0.4, -0.2) is 29.8 Å². The molecule has 1 atom stereocenters. The minimum Gasteiger partial charge on any atom is -0.365 e. The van der Waals surface area contributed by atoms with Gasteiger partial charge in [-0.15, -0.1) is 0 Å². The first-order chi connectivity index (χ1) is 14.4. The van der Waals surface area contributed by atoms with Gasteiger partial charge in [0.05, 0.1) is 5.69 Å². The summed E-state index contributed by atoms with van der Waals surface area (Å²) < 4.78 is 26.1. The molecular weight excluding hydrogens is 383 g/mol.